The van der Waals surface area contributed by atoms with Gasteiger partial charge in [-0.1, -0.05) is 30.3 Å². The van der Waals surface area contributed by atoms with Crippen LogP contribution >= 0.6 is 0 Å². The molecule has 0 fully saturated rings. The van der Waals surface area contributed by atoms with Gasteiger partial charge in [-0.3, -0.25) is 9.59 Å². The van der Waals surface area contributed by atoms with Crippen molar-refractivity contribution in [3.63, 3.8) is 0 Å². The predicted molar refractivity (Wildman–Crippen MR) is 84.5 cm³/mol. The molecule has 0 aromatic heterocycles. The number of benzene rings is 1. The van der Waals surface area contributed by atoms with Crippen LogP contribution in [-0.4, -0.2) is 50.2 Å². The van der Waals surface area contributed by atoms with Gasteiger partial charge < -0.3 is 14.4 Å². The van der Waals surface area contributed by atoms with E-state index in [1.165, 1.54) is 0 Å². The minimum atomic E-state index is -0.272. The van der Waals surface area contributed by atoms with Crippen LogP contribution in [0, 0.1) is 0 Å². The van der Waals surface area contributed by atoms with E-state index in [0.717, 1.165) is 12.0 Å². The predicted octanol–water partition coefficient (Wildman–Crippen LogP) is 2.05. The average molecular weight is 307 g/mol. The maximum absolute atomic E-state index is 12.4. The zero-order chi connectivity index (χ0) is 16.2. The van der Waals surface area contributed by atoms with E-state index in [1.54, 1.807) is 18.9 Å². The Morgan fingerprint density at radius 2 is 1.86 bits per heavy atom. The van der Waals surface area contributed by atoms with Crippen molar-refractivity contribution < 1.29 is 19.1 Å². The molecule has 1 aromatic carbocycles. The van der Waals surface area contributed by atoms with E-state index in [9.17, 15) is 9.59 Å². The first-order chi connectivity index (χ1) is 10.7. The van der Waals surface area contributed by atoms with Crippen LogP contribution in [0.3, 0.4) is 0 Å². The fraction of sp³-hybridized carbons (Fsp3) is 0.529. The number of hydrogen-bond acceptors (Lipinski definition) is 4. The Hall–Kier alpha value is -1.88. The van der Waals surface area contributed by atoms with Crippen molar-refractivity contribution in [2.45, 2.75) is 26.2 Å². The van der Waals surface area contributed by atoms with Gasteiger partial charge in [0.05, 0.1) is 19.4 Å². The largest absolute Gasteiger partial charge is 0.466 e. The fourth-order valence-corrected chi connectivity index (χ4v) is 2.10. The first kappa shape index (κ1) is 18.2. The molecule has 0 atom stereocenters. The molecule has 0 unspecified atom stereocenters. The normalized spacial score (nSPS) is 10.3. The molecule has 1 amide bonds. The first-order valence-corrected chi connectivity index (χ1v) is 7.63. The number of amides is 1. The van der Waals surface area contributed by atoms with E-state index in [-0.39, 0.29) is 18.3 Å². The molecule has 0 N–H and O–H groups in total. The van der Waals surface area contributed by atoms with Crippen molar-refractivity contribution in [1.29, 1.82) is 0 Å². The van der Waals surface area contributed by atoms with Crippen LogP contribution in [-0.2, 0) is 25.5 Å². The molecule has 0 aliphatic heterocycles. The smallest absolute Gasteiger partial charge is 0.307 e. The van der Waals surface area contributed by atoms with Crippen LogP contribution < -0.4 is 0 Å². The van der Waals surface area contributed by atoms with E-state index in [1.807, 2.05) is 30.3 Å². The molecular weight excluding hydrogens is 282 g/mol. The Balaban J connectivity index is 2.55. The topological polar surface area (TPSA) is 55.8 Å². The summed E-state index contributed by atoms with van der Waals surface area (Å²) in [6.07, 6.45) is 1.32. The highest BCUT2D eigenvalue weighted by molar-refractivity contribution is 5.79. The van der Waals surface area contributed by atoms with Crippen LogP contribution in [0.5, 0.6) is 0 Å². The molecule has 1 aromatic rings. The fourth-order valence-electron chi connectivity index (χ4n) is 2.10. The molecule has 122 valence electrons. The third kappa shape index (κ3) is 7.22. The molecule has 0 saturated carbocycles. The van der Waals surface area contributed by atoms with Gasteiger partial charge in [-0.2, -0.15) is 0 Å². The highest BCUT2D eigenvalue weighted by Gasteiger charge is 2.15. The Bertz CT molecular complexity index is 447. The van der Waals surface area contributed by atoms with Crippen molar-refractivity contribution in [2.75, 3.05) is 33.4 Å². The molecule has 0 aliphatic rings. The number of carbonyl (C=O) groups excluding carboxylic acids is 2. The van der Waals surface area contributed by atoms with Gasteiger partial charge in [0.25, 0.3) is 0 Å². The molecule has 5 heteroatoms. The van der Waals surface area contributed by atoms with Crippen molar-refractivity contribution in [3.05, 3.63) is 35.9 Å². The number of rotatable bonds is 10. The van der Waals surface area contributed by atoms with E-state index in [4.69, 9.17) is 9.47 Å². The number of methoxy groups -OCH3 is 1. The molecule has 0 bridgehead atoms. The second-order valence-electron chi connectivity index (χ2n) is 4.94. The molecule has 0 aliphatic carbocycles. The monoisotopic (exact) mass is 307 g/mol. The Kier molecular flexibility index (Phi) is 8.91. The lowest BCUT2D eigenvalue weighted by molar-refractivity contribution is -0.144. The minimum Gasteiger partial charge on any atom is -0.466 e. The van der Waals surface area contributed by atoms with E-state index in [0.29, 0.717) is 32.7 Å². The Morgan fingerprint density at radius 1 is 1.14 bits per heavy atom. The number of ether oxygens (including phenoxy) is 2. The van der Waals surface area contributed by atoms with Gasteiger partial charge in [-0.15, -0.1) is 0 Å². The number of hydrogen-bond donors (Lipinski definition) is 0. The summed E-state index contributed by atoms with van der Waals surface area (Å²) < 4.78 is 9.94. The molecule has 0 saturated heterocycles. The maximum Gasteiger partial charge on any atom is 0.307 e. The summed E-state index contributed by atoms with van der Waals surface area (Å²) in [4.78, 5) is 25.6. The molecule has 0 spiro atoms. The van der Waals surface area contributed by atoms with Crippen LogP contribution in [0.4, 0.5) is 0 Å². The second-order valence-corrected chi connectivity index (χ2v) is 4.94. The first-order valence-electron chi connectivity index (χ1n) is 7.63. The summed E-state index contributed by atoms with van der Waals surface area (Å²) >= 11 is 0. The van der Waals surface area contributed by atoms with Gasteiger partial charge in [-0.05, 0) is 18.9 Å². The standard InChI is InChI=1S/C17H25NO4/c1-3-22-17(20)10-12-18(11-7-13-21-2)16(19)14-15-8-5-4-6-9-15/h4-6,8-9H,3,7,10-14H2,1-2H3. The summed E-state index contributed by atoms with van der Waals surface area (Å²) in [7, 11) is 1.63. The van der Waals surface area contributed by atoms with Crippen molar-refractivity contribution in [2.24, 2.45) is 0 Å². The van der Waals surface area contributed by atoms with Gasteiger partial charge >= 0.3 is 5.97 Å². The summed E-state index contributed by atoms with van der Waals surface area (Å²) in [5.74, 6) is -0.252. The lowest BCUT2D eigenvalue weighted by atomic mass is 10.1. The van der Waals surface area contributed by atoms with Crippen molar-refractivity contribution >= 4 is 11.9 Å². The summed E-state index contributed by atoms with van der Waals surface area (Å²) in [6, 6.07) is 9.60. The van der Waals surface area contributed by atoms with Crippen LogP contribution in [0.1, 0.15) is 25.3 Å². The van der Waals surface area contributed by atoms with E-state index in [2.05, 4.69) is 0 Å². The number of carbonyl (C=O) groups is 2. The summed E-state index contributed by atoms with van der Waals surface area (Å²) in [6.45, 7) is 3.69. The summed E-state index contributed by atoms with van der Waals surface area (Å²) in [5.41, 5.74) is 0.973. The molecule has 1 rings (SSSR count). The van der Waals surface area contributed by atoms with Crippen LogP contribution in [0.2, 0.25) is 0 Å². The average Bonchev–Trinajstić information content (AvgIpc) is 2.52. The Labute approximate surface area is 132 Å². The quantitative estimate of drug-likeness (QED) is 0.490. The third-order valence-electron chi connectivity index (χ3n) is 3.22. The van der Waals surface area contributed by atoms with Crippen molar-refractivity contribution in [3.8, 4) is 0 Å². The maximum atomic E-state index is 12.4. The molecule has 0 heterocycles. The van der Waals surface area contributed by atoms with Gasteiger partial charge in [-0.25, -0.2) is 0 Å². The SMILES string of the molecule is CCOC(=O)CCN(CCCOC)C(=O)Cc1ccccc1. The number of nitrogens with zero attached hydrogens (tertiary/aromatic N) is 1. The molecule has 0 radical (unpaired) electrons. The zero-order valence-electron chi connectivity index (χ0n) is 13.4. The lowest BCUT2D eigenvalue weighted by Crippen LogP contribution is -2.35. The van der Waals surface area contributed by atoms with Crippen LogP contribution in [0.25, 0.3) is 0 Å². The number of esters is 1. The molecular formula is C17H25NO4. The van der Waals surface area contributed by atoms with E-state index >= 15 is 0 Å². The van der Waals surface area contributed by atoms with Crippen LogP contribution in [0.15, 0.2) is 30.3 Å². The van der Waals surface area contributed by atoms with Gasteiger partial charge in [0.15, 0.2) is 0 Å². The molecule has 5 nitrogen and oxygen atoms in total. The van der Waals surface area contributed by atoms with Crippen molar-refractivity contribution in [1.82, 2.24) is 4.90 Å². The Morgan fingerprint density at radius 3 is 2.50 bits per heavy atom. The lowest BCUT2D eigenvalue weighted by Gasteiger charge is -2.22. The molecule has 22 heavy (non-hydrogen) atoms. The summed E-state index contributed by atoms with van der Waals surface area (Å²) in [5, 5.41) is 0. The second kappa shape index (κ2) is 10.8. The zero-order valence-corrected chi connectivity index (χ0v) is 13.4. The minimum absolute atomic E-state index is 0.0200. The third-order valence-corrected chi connectivity index (χ3v) is 3.22. The van der Waals surface area contributed by atoms with Gasteiger partial charge in [0, 0.05) is 26.8 Å². The van der Waals surface area contributed by atoms with E-state index < -0.39 is 0 Å². The van der Waals surface area contributed by atoms with Gasteiger partial charge in [0.1, 0.15) is 0 Å². The highest BCUT2D eigenvalue weighted by atomic mass is 16.5. The van der Waals surface area contributed by atoms with Gasteiger partial charge in [0.2, 0.25) is 5.91 Å². The highest BCUT2D eigenvalue weighted by Crippen LogP contribution is 2.05.